The van der Waals surface area contributed by atoms with Gasteiger partial charge in [0.05, 0.1) is 12.8 Å². The second-order valence-electron chi connectivity index (χ2n) is 4.84. The Morgan fingerprint density at radius 1 is 0.850 bits per heavy atom. The van der Waals surface area contributed by atoms with Gasteiger partial charge in [-0.1, -0.05) is 42.5 Å². The lowest BCUT2D eigenvalue weighted by Gasteiger charge is -2.13. The zero-order chi connectivity index (χ0) is 13.9. The van der Waals surface area contributed by atoms with E-state index in [-0.39, 0.29) is 0 Å². The predicted molar refractivity (Wildman–Crippen MR) is 85.0 cm³/mol. The molecule has 3 aromatic rings. The number of benzene rings is 3. The molecule has 0 amide bonds. The second-order valence-corrected chi connectivity index (χ2v) is 4.84. The molecule has 3 aromatic carbocycles. The molecule has 0 spiro atoms. The Labute approximate surface area is 119 Å². The van der Waals surface area contributed by atoms with Gasteiger partial charge in [0.2, 0.25) is 0 Å². The minimum atomic E-state index is 0.861. The van der Waals surface area contributed by atoms with Crippen LogP contribution in [0.3, 0.4) is 0 Å². The molecule has 0 heterocycles. The molecule has 0 bridgehead atoms. The predicted octanol–water partition coefficient (Wildman–Crippen LogP) is 4.90. The summed E-state index contributed by atoms with van der Waals surface area (Å²) in [5.41, 5.74) is 3.40. The van der Waals surface area contributed by atoms with Gasteiger partial charge < -0.3 is 10.1 Å². The van der Waals surface area contributed by atoms with Gasteiger partial charge in [-0.05, 0) is 30.0 Å². The highest BCUT2D eigenvalue weighted by molar-refractivity contribution is 5.96. The largest absolute Gasteiger partial charge is 0.497 e. The van der Waals surface area contributed by atoms with Gasteiger partial charge in [0.1, 0.15) is 5.75 Å². The van der Waals surface area contributed by atoms with Crippen LogP contribution in [0.5, 0.6) is 5.75 Å². The number of para-hydroxylation sites is 1. The first-order valence-electron chi connectivity index (χ1n) is 6.67. The van der Waals surface area contributed by atoms with Crippen LogP contribution >= 0.6 is 0 Å². The maximum Gasteiger partial charge on any atom is 0.121 e. The van der Waals surface area contributed by atoms with E-state index in [2.05, 4.69) is 48.6 Å². The summed E-state index contributed by atoms with van der Waals surface area (Å²) >= 11 is 0. The second kappa shape index (κ2) is 5.25. The molecule has 0 aliphatic rings. The number of nitrogens with one attached hydrogen (secondary N) is 1. The van der Waals surface area contributed by atoms with Crippen LogP contribution in [0, 0.1) is 6.92 Å². The molecule has 1 N–H and O–H groups in total. The quantitative estimate of drug-likeness (QED) is 0.725. The van der Waals surface area contributed by atoms with Gasteiger partial charge in [-0.2, -0.15) is 0 Å². The normalized spacial score (nSPS) is 10.5. The summed E-state index contributed by atoms with van der Waals surface area (Å²) in [6.45, 7) is 2.10. The molecule has 0 unspecified atom stereocenters. The molecular weight excluding hydrogens is 246 g/mol. The van der Waals surface area contributed by atoms with Crippen LogP contribution in [0.1, 0.15) is 5.56 Å². The number of rotatable bonds is 3. The molecule has 0 fully saturated rings. The van der Waals surface area contributed by atoms with Crippen molar-refractivity contribution in [1.29, 1.82) is 0 Å². The van der Waals surface area contributed by atoms with Crippen LogP contribution in [0.2, 0.25) is 0 Å². The highest BCUT2D eigenvalue weighted by Crippen LogP contribution is 2.32. The third-order valence-electron chi connectivity index (χ3n) is 3.49. The Morgan fingerprint density at radius 2 is 1.60 bits per heavy atom. The standard InChI is InChI=1S/C18H17NO/c1-13-7-3-6-10-17(13)19-18-12-15(20-2)11-14-8-4-5-9-16(14)18/h3-12,19H,1-2H3. The van der Waals surface area contributed by atoms with E-state index < -0.39 is 0 Å². The summed E-state index contributed by atoms with van der Waals surface area (Å²) in [6.07, 6.45) is 0. The van der Waals surface area contributed by atoms with Crippen molar-refractivity contribution in [3.8, 4) is 5.75 Å². The summed E-state index contributed by atoms with van der Waals surface area (Å²) < 4.78 is 5.39. The maximum absolute atomic E-state index is 5.39. The van der Waals surface area contributed by atoms with E-state index >= 15 is 0 Å². The fraction of sp³-hybridized carbons (Fsp3) is 0.111. The molecule has 2 heteroatoms. The van der Waals surface area contributed by atoms with Gasteiger partial charge in [-0.25, -0.2) is 0 Å². The van der Waals surface area contributed by atoms with Crippen LogP contribution in [0.4, 0.5) is 11.4 Å². The van der Waals surface area contributed by atoms with Crippen molar-refractivity contribution in [2.24, 2.45) is 0 Å². The Bertz CT molecular complexity index is 749. The Hall–Kier alpha value is -2.48. The lowest BCUT2D eigenvalue weighted by Crippen LogP contribution is -1.95. The van der Waals surface area contributed by atoms with E-state index in [4.69, 9.17) is 4.74 Å². The van der Waals surface area contributed by atoms with Crippen LogP contribution in [0.15, 0.2) is 60.7 Å². The Morgan fingerprint density at radius 3 is 2.40 bits per heavy atom. The molecule has 3 rings (SSSR count). The summed E-state index contributed by atoms with van der Waals surface area (Å²) in [5.74, 6) is 0.861. The molecule has 0 aromatic heterocycles. The first-order valence-corrected chi connectivity index (χ1v) is 6.67. The van der Waals surface area contributed by atoms with E-state index in [0.29, 0.717) is 0 Å². The van der Waals surface area contributed by atoms with Gasteiger partial charge in [-0.15, -0.1) is 0 Å². The van der Waals surface area contributed by atoms with E-state index in [9.17, 15) is 0 Å². The zero-order valence-corrected chi connectivity index (χ0v) is 11.7. The summed E-state index contributed by atoms with van der Waals surface area (Å²) in [6, 6.07) is 20.7. The third-order valence-corrected chi connectivity index (χ3v) is 3.49. The lowest BCUT2D eigenvalue weighted by molar-refractivity contribution is 0.415. The molecule has 0 atom stereocenters. The third kappa shape index (κ3) is 2.32. The monoisotopic (exact) mass is 263 g/mol. The van der Waals surface area contributed by atoms with Gasteiger partial charge in [0.25, 0.3) is 0 Å². The maximum atomic E-state index is 5.39. The van der Waals surface area contributed by atoms with Crippen molar-refractivity contribution in [2.75, 3.05) is 12.4 Å². The van der Waals surface area contributed by atoms with Crippen molar-refractivity contribution in [3.63, 3.8) is 0 Å². The van der Waals surface area contributed by atoms with Crippen molar-refractivity contribution in [3.05, 3.63) is 66.2 Å². The number of aryl methyl sites for hydroxylation is 1. The number of ether oxygens (including phenoxy) is 1. The molecular formula is C18H17NO. The summed E-state index contributed by atoms with van der Waals surface area (Å²) in [5, 5.41) is 5.87. The number of anilines is 2. The Balaban J connectivity index is 2.13. The number of fused-ring (bicyclic) bond motifs is 1. The minimum Gasteiger partial charge on any atom is -0.497 e. The number of hydrogen-bond donors (Lipinski definition) is 1. The molecule has 0 saturated carbocycles. The van der Waals surface area contributed by atoms with Crippen LogP contribution in [0.25, 0.3) is 10.8 Å². The molecule has 20 heavy (non-hydrogen) atoms. The molecule has 0 aliphatic heterocycles. The number of methoxy groups -OCH3 is 1. The molecule has 0 aliphatic carbocycles. The SMILES string of the molecule is COc1cc(Nc2ccccc2C)c2ccccc2c1. The minimum absolute atomic E-state index is 0.861. The van der Waals surface area contributed by atoms with Gasteiger partial charge in [-0.3, -0.25) is 0 Å². The van der Waals surface area contributed by atoms with Crippen LogP contribution in [-0.4, -0.2) is 7.11 Å². The van der Waals surface area contributed by atoms with E-state index in [1.54, 1.807) is 7.11 Å². The van der Waals surface area contributed by atoms with Gasteiger partial charge in [0, 0.05) is 17.1 Å². The first kappa shape index (κ1) is 12.5. The smallest absolute Gasteiger partial charge is 0.121 e. The van der Waals surface area contributed by atoms with Crippen LogP contribution in [-0.2, 0) is 0 Å². The van der Waals surface area contributed by atoms with Gasteiger partial charge >= 0.3 is 0 Å². The Kier molecular flexibility index (Phi) is 3.30. The lowest BCUT2D eigenvalue weighted by atomic mass is 10.1. The molecule has 100 valence electrons. The van der Waals surface area contributed by atoms with E-state index in [0.717, 1.165) is 17.1 Å². The average Bonchev–Trinajstić information content (AvgIpc) is 2.49. The molecule has 0 radical (unpaired) electrons. The fourth-order valence-corrected chi connectivity index (χ4v) is 2.36. The topological polar surface area (TPSA) is 21.3 Å². The van der Waals surface area contributed by atoms with E-state index in [1.807, 2.05) is 24.3 Å². The van der Waals surface area contributed by atoms with Crippen molar-refractivity contribution < 1.29 is 4.74 Å². The van der Waals surface area contributed by atoms with Crippen molar-refractivity contribution in [2.45, 2.75) is 6.92 Å². The number of hydrogen-bond acceptors (Lipinski definition) is 2. The fourth-order valence-electron chi connectivity index (χ4n) is 2.36. The van der Waals surface area contributed by atoms with Crippen molar-refractivity contribution in [1.82, 2.24) is 0 Å². The molecule has 0 saturated heterocycles. The van der Waals surface area contributed by atoms with Gasteiger partial charge in [0.15, 0.2) is 0 Å². The average molecular weight is 263 g/mol. The summed E-state index contributed by atoms with van der Waals surface area (Å²) in [7, 11) is 1.70. The first-order chi connectivity index (χ1) is 9.78. The van der Waals surface area contributed by atoms with Crippen molar-refractivity contribution >= 4 is 22.1 Å². The zero-order valence-electron chi connectivity index (χ0n) is 11.7. The highest BCUT2D eigenvalue weighted by atomic mass is 16.5. The van der Waals surface area contributed by atoms with E-state index in [1.165, 1.54) is 16.3 Å². The molecule has 2 nitrogen and oxygen atoms in total. The highest BCUT2D eigenvalue weighted by Gasteiger charge is 2.05. The summed E-state index contributed by atoms with van der Waals surface area (Å²) in [4.78, 5) is 0. The van der Waals surface area contributed by atoms with Crippen LogP contribution < -0.4 is 10.1 Å².